The molecule has 150 valence electrons. The minimum atomic E-state index is -0.441. The first kappa shape index (κ1) is 20.5. The number of carbonyl (C=O) groups excluding carboxylic acids is 2. The summed E-state index contributed by atoms with van der Waals surface area (Å²) in [5, 5.41) is 5.67. The van der Waals surface area contributed by atoms with Crippen LogP contribution in [0.4, 0.5) is 4.79 Å². The quantitative estimate of drug-likeness (QED) is 0.740. The number of rotatable bonds is 5. The molecule has 1 heterocycles. The van der Waals surface area contributed by atoms with Crippen molar-refractivity contribution in [2.75, 3.05) is 0 Å². The van der Waals surface area contributed by atoms with Gasteiger partial charge < -0.3 is 5.32 Å². The summed E-state index contributed by atoms with van der Waals surface area (Å²) < 4.78 is 1.98. The first-order valence-electron chi connectivity index (χ1n) is 9.83. The normalized spacial score (nSPS) is 15.8. The molecule has 1 aliphatic rings. The molecule has 0 aliphatic heterocycles. The van der Waals surface area contributed by atoms with E-state index in [1.54, 1.807) is 13.1 Å². The highest BCUT2D eigenvalue weighted by atomic mass is 32.2. The Hall–Kier alpha value is -2.28. The van der Waals surface area contributed by atoms with Crippen molar-refractivity contribution in [1.82, 2.24) is 20.2 Å². The zero-order chi connectivity index (χ0) is 20.1. The number of hydrogen-bond acceptors (Lipinski definition) is 4. The van der Waals surface area contributed by atoms with E-state index >= 15 is 0 Å². The number of nitrogens with zero attached hydrogens (tertiary/aromatic N) is 2. The Labute approximate surface area is 170 Å². The number of imide groups is 1. The number of urea groups is 1. The van der Waals surface area contributed by atoms with E-state index in [0.29, 0.717) is 0 Å². The van der Waals surface area contributed by atoms with Gasteiger partial charge in [-0.05, 0) is 45.2 Å². The van der Waals surface area contributed by atoms with Gasteiger partial charge in [0.1, 0.15) is 0 Å². The lowest BCUT2D eigenvalue weighted by Gasteiger charge is -2.23. The molecule has 2 aromatic rings. The fourth-order valence-corrected chi connectivity index (χ4v) is 4.41. The summed E-state index contributed by atoms with van der Waals surface area (Å²) in [4.78, 5) is 29.0. The molecule has 0 spiro atoms. The van der Waals surface area contributed by atoms with E-state index in [9.17, 15) is 9.59 Å². The van der Waals surface area contributed by atoms with E-state index in [1.807, 2.05) is 10.8 Å². The third-order valence-corrected chi connectivity index (χ3v) is 6.13. The zero-order valence-corrected chi connectivity index (χ0v) is 17.5. The summed E-state index contributed by atoms with van der Waals surface area (Å²) in [6.45, 7) is 5.91. The number of imidazole rings is 1. The molecule has 0 unspecified atom stereocenters. The van der Waals surface area contributed by atoms with Crippen LogP contribution in [0.25, 0.3) is 5.69 Å². The molecular formula is C21H28N4O2S. The maximum absolute atomic E-state index is 12.5. The summed E-state index contributed by atoms with van der Waals surface area (Å²) >= 11 is 1.34. The van der Waals surface area contributed by atoms with Crippen LogP contribution in [-0.4, -0.2) is 32.8 Å². The van der Waals surface area contributed by atoms with Crippen molar-refractivity contribution >= 4 is 23.7 Å². The highest BCUT2D eigenvalue weighted by Gasteiger charge is 2.22. The lowest BCUT2D eigenvalue weighted by molar-refractivity contribution is -0.119. The van der Waals surface area contributed by atoms with Gasteiger partial charge in [-0.3, -0.25) is 14.7 Å². The predicted octanol–water partition coefficient (Wildman–Crippen LogP) is 4.13. The average molecular weight is 401 g/mol. The van der Waals surface area contributed by atoms with Crippen LogP contribution < -0.4 is 10.6 Å². The van der Waals surface area contributed by atoms with Crippen molar-refractivity contribution in [2.24, 2.45) is 0 Å². The Bertz CT molecular complexity index is 843. The Morgan fingerprint density at radius 1 is 1.21 bits per heavy atom. The van der Waals surface area contributed by atoms with Crippen LogP contribution in [0.5, 0.6) is 0 Å². The molecule has 1 aromatic heterocycles. The van der Waals surface area contributed by atoms with Crippen molar-refractivity contribution in [1.29, 1.82) is 0 Å². The number of aryl methyl sites for hydroxylation is 2. The number of benzene rings is 1. The molecule has 0 bridgehead atoms. The van der Waals surface area contributed by atoms with Gasteiger partial charge in [-0.25, -0.2) is 9.78 Å². The summed E-state index contributed by atoms with van der Waals surface area (Å²) in [5.74, 6) is -0.312. The molecule has 0 saturated heterocycles. The minimum absolute atomic E-state index is 0.174. The van der Waals surface area contributed by atoms with Crippen molar-refractivity contribution in [3.63, 3.8) is 0 Å². The Balaban J connectivity index is 1.60. The van der Waals surface area contributed by atoms with Gasteiger partial charge in [0.25, 0.3) is 0 Å². The average Bonchev–Trinajstić information content (AvgIpc) is 3.10. The molecule has 7 heteroatoms. The van der Waals surface area contributed by atoms with Crippen molar-refractivity contribution < 1.29 is 9.59 Å². The lowest BCUT2D eigenvalue weighted by Crippen LogP contribution is -2.47. The second-order valence-electron chi connectivity index (χ2n) is 7.43. The molecule has 0 radical (unpaired) electrons. The summed E-state index contributed by atoms with van der Waals surface area (Å²) in [7, 11) is 0. The summed E-state index contributed by atoms with van der Waals surface area (Å²) in [6, 6.07) is 6.01. The molecule has 1 aromatic carbocycles. The number of thioether (sulfide) groups is 1. The molecule has 3 rings (SSSR count). The highest BCUT2D eigenvalue weighted by Crippen LogP contribution is 2.26. The van der Waals surface area contributed by atoms with Gasteiger partial charge in [-0.1, -0.05) is 48.7 Å². The number of nitrogens with one attached hydrogen (secondary N) is 2. The van der Waals surface area contributed by atoms with Crippen LogP contribution >= 0.6 is 11.8 Å². The van der Waals surface area contributed by atoms with Crippen molar-refractivity contribution in [3.05, 3.63) is 41.7 Å². The zero-order valence-electron chi connectivity index (χ0n) is 16.7. The SMILES string of the molecule is Cc1ccc(-n2ccnc2S[C@H](C)C(=O)NC(=O)NC2CCCCC2)c(C)c1. The van der Waals surface area contributed by atoms with Crippen molar-refractivity contribution in [2.45, 2.75) is 69.3 Å². The Kier molecular flexibility index (Phi) is 6.78. The van der Waals surface area contributed by atoms with Gasteiger partial charge in [-0.15, -0.1) is 0 Å². The van der Waals surface area contributed by atoms with Gasteiger partial charge >= 0.3 is 6.03 Å². The maximum Gasteiger partial charge on any atom is 0.321 e. The monoisotopic (exact) mass is 400 g/mol. The van der Waals surface area contributed by atoms with E-state index in [0.717, 1.165) is 42.1 Å². The molecule has 1 saturated carbocycles. The first-order chi connectivity index (χ1) is 13.4. The molecule has 2 N–H and O–H groups in total. The molecule has 6 nitrogen and oxygen atoms in total. The molecule has 28 heavy (non-hydrogen) atoms. The molecule has 1 fully saturated rings. The lowest BCUT2D eigenvalue weighted by atomic mass is 9.96. The summed E-state index contributed by atoms with van der Waals surface area (Å²) in [5.41, 5.74) is 3.38. The fraction of sp³-hybridized carbons (Fsp3) is 0.476. The highest BCUT2D eigenvalue weighted by molar-refractivity contribution is 8.00. The number of amides is 3. The van der Waals surface area contributed by atoms with Gasteiger partial charge in [0.15, 0.2) is 5.16 Å². The van der Waals surface area contributed by atoms with Crippen LogP contribution in [0.15, 0.2) is 35.7 Å². The summed E-state index contributed by atoms with van der Waals surface area (Å²) in [6.07, 6.45) is 9.07. The Morgan fingerprint density at radius 3 is 2.68 bits per heavy atom. The minimum Gasteiger partial charge on any atom is -0.335 e. The topological polar surface area (TPSA) is 76.0 Å². The molecule has 1 aliphatic carbocycles. The van der Waals surface area contributed by atoms with Gasteiger partial charge in [0.2, 0.25) is 5.91 Å². The molecular weight excluding hydrogens is 372 g/mol. The van der Waals surface area contributed by atoms with Crippen LogP contribution in [-0.2, 0) is 4.79 Å². The maximum atomic E-state index is 12.5. The number of hydrogen-bond donors (Lipinski definition) is 2. The Morgan fingerprint density at radius 2 is 1.96 bits per heavy atom. The van der Waals surface area contributed by atoms with Crippen LogP contribution in [0.2, 0.25) is 0 Å². The van der Waals surface area contributed by atoms with E-state index in [4.69, 9.17) is 0 Å². The second kappa shape index (κ2) is 9.28. The predicted molar refractivity (Wildman–Crippen MR) is 112 cm³/mol. The van der Waals surface area contributed by atoms with Crippen LogP contribution in [0.3, 0.4) is 0 Å². The first-order valence-corrected chi connectivity index (χ1v) is 10.7. The standard InChI is InChI=1S/C21H28N4O2S/c1-14-9-10-18(15(2)13-14)25-12-11-22-21(25)28-16(3)19(26)24-20(27)23-17-7-5-4-6-8-17/h9-13,16-17H,4-8H2,1-3H3,(H2,23,24,26,27)/t16-/m1/s1. The van der Waals surface area contributed by atoms with Crippen LogP contribution in [0.1, 0.15) is 50.2 Å². The van der Waals surface area contributed by atoms with E-state index in [-0.39, 0.29) is 11.9 Å². The smallest absolute Gasteiger partial charge is 0.321 e. The van der Waals surface area contributed by atoms with E-state index < -0.39 is 11.3 Å². The largest absolute Gasteiger partial charge is 0.335 e. The van der Waals surface area contributed by atoms with Gasteiger partial charge in [0.05, 0.1) is 10.9 Å². The van der Waals surface area contributed by atoms with E-state index in [2.05, 4.69) is 47.7 Å². The molecule has 1 atom stereocenters. The van der Waals surface area contributed by atoms with Gasteiger partial charge in [-0.2, -0.15) is 0 Å². The third kappa shape index (κ3) is 5.16. The fourth-order valence-electron chi connectivity index (χ4n) is 3.53. The van der Waals surface area contributed by atoms with Crippen molar-refractivity contribution in [3.8, 4) is 5.69 Å². The molecule has 3 amide bonds. The number of carbonyl (C=O) groups is 2. The third-order valence-electron chi connectivity index (χ3n) is 5.05. The number of aromatic nitrogens is 2. The van der Waals surface area contributed by atoms with E-state index in [1.165, 1.54) is 23.7 Å². The second-order valence-corrected chi connectivity index (χ2v) is 8.74. The van der Waals surface area contributed by atoms with Crippen LogP contribution in [0, 0.1) is 13.8 Å². The van der Waals surface area contributed by atoms with Gasteiger partial charge in [0, 0.05) is 18.4 Å².